The Morgan fingerprint density at radius 2 is 2.04 bits per heavy atom. The summed E-state index contributed by atoms with van der Waals surface area (Å²) in [5.74, 6) is 0.369. The molecule has 0 bridgehead atoms. The minimum absolute atomic E-state index is 0.103. The highest BCUT2D eigenvalue weighted by molar-refractivity contribution is 5.84. The monoisotopic (exact) mass is 386 g/mol. The molecule has 2 heterocycles. The van der Waals surface area contributed by atoms with Gasteiger partial charge in [0, 0.05) is 6.20 Å². The van der Waals surface area contributed by atoms with Crippen LogP contribution in [0.25, 0.3) is 5.82 Å². The number of pyridine rings is 1. The summed E-state index contributed by atoms with van der Waals surface area (Å²) >= 11 is 0. The van der Waals surface area contributed by atoms with E-state index in [-0.39, 0.29) is 11.8 Å². The van der Waals surface area contributed by atoms with E-state index in [1.165, 1.54) is 11.0 Å². The van der Waals surface area contributed by atoms with E-state index in [1.807, 2.05) is 6.92 Å². The predicted molar refractivity (Wildman–Crippen MR) is 105 cm³/mol. The number of nitrogens with one attached hydrogen (secondary N) is 1. The molecule has 1 saturated carbocycles. The molecule has 2 aromatic heterocycles. The van der Waals surface area contributed by atoms with Gasteiger partial charge in [-0.25, -0.2) is 4.79 Å². The van der Waals surface area contributed by atoms with Gasteiger partial charge in [0.2, 0.25) is 0 Å². The molecule has 0 saturated heterocycles. The number of anilines is 1. The average molecular weight is 386 g/mol. The topological polar surface area (TPSA) is 95.3 Å². The molecule has 3 rings (SSSR count). The van der Waals surface area contributed by atoms with Crippen LogP contribution in [0.2, 0.25) is 0 Å². The number of aromatic nitrogens is 3. The summed E-state index contributed by atoms with van der Waals surface area (Å²) in [6.07, 6.45) is 4.50. The maximum Gasteiger partial charge on any atom is 0.412 e. The lowest BCUT2D eigenvalue weighted by atomic mass is 9.96. The molecule has 1 amide bonds. The molecule has 0 aliphatic heterocycles. The third-order valence-corrected chi connectivity index (χ3v) is 4.28. The van der Waals surface area contributed by atoms with E-state index in [0.717, 1.165) is 24.1 Å². The molecule has 0 aromatic carbocycles. The third-order valence-electron chi connectivity index (χ3n) is 4.28. The van der Waals surface area contributed by atoms with E-state index in [0.29, 0.717) is 12.4 Å². The normalized spacial score (nSPS) is 14.4. The Labute approximate surface area is 163 Å². The van der Waals surface area contributed by atoms with Gasteiger partial charge in [0.1, 0.15) is 11.3 Å². The Morgan fingerprint density at radius 1 is 1.29 bits per heavy atom. The minimum Gasteiger partial charge on any atom is -0.444 e. The average Bonchev–Trinajstić information content (AvgIpc) is 2.55. The Balaban J connectivity index is 1.91. The molecule has 0 unspecified atom stereocenters. The van der Waals surface area contributed by atoms with E-state index in [1.54, 1.807) is 45.2 Å². The van der Waals surface area contributed by atoms with Gasteiger partial charge in [-0.05, 0) is 70.7 Å². The second-order valence-electron chi connectivity index (χ2n) is 7.96. The van der Waals surface area contributed by atoms with Crippen molar-refractivity contribution < 1.29 is 14.3 Å². The first-order valence-corrected chi connectivity index (χ1v) is 9.39. The molecule has 2 aromatic rings. The van der Waals surface area contributed by atoms with E-state index in [9.17, 15) is 9.59 Å². The third kappa shape index (κ3) is 5.16. The maximum atomic E-state index is 12.9. The van der Waals surface area contributed by atoms with Crippen LogP contribution < -0.4 is 10.9 Å². The van der Waals surface area contributed by atoms with Crippen molar-refractivity contribution in [1.82, 2.24) is 14.8 Å². The zero-order valence-corrected chi connectivity index (χ0v) is 16.7. The number of carbonyl (C=O) groups is 1. The number of aryl methyl sites for hydroxylation is 1. The van der Waals surface area contributed by atoms with Crippen molar-refractivity contribution in [3.8, 4) is 5.82 Å². The fraction of sp³-hybridized carbons (Fsp3) is 0.500. The lowest BCUT2D eigenvalue weighted by Gasteiger charge is -2.25. The molecule has 0 atom stereocenters. The van der Waals surface area contributed by atoms with E-state index in [4.69, 9.17) is 9.47 Å². The second kappa shape index (κ2) is 8.10. The zero-order chi connectivity index (χ0) is 20.3. The molecular weight excluding hydrogens is 360 g/mol. The maximum absolute atomic E-state index is 12.9. The van der Waals surface area contributed by atoms with E-state index < -0.39 is 17.3 Å². The molecule has 1 N–H and O–H groups in total. The quantitative estimate of drug-likeness (QED) is 0.847. The fourth-order valence-corrected chi connectivity index (χ4v) is 2.66. The van der Waals surface area contributed by atoms with Gasteiger partial charge in [-0.1, -0.05) is 0 Å². The first-order chi connectivity index (χ1) is 13.2. The van der Waals surface area contributed by atoms with E-state index >= 15 is 0 Å². The van der Waals surface area contributed by atoms with Gasteiger partial charge >= 0.3 is 6.09 Å². The molecule has 0 radical (unpaired) electrons. The number of ether oxygens (including phenoxy) is 2. The summed E-state index contributed by atoms with van der Waals surface area (Å²) in [5, 5.41) is 10.6. The van der Waals surface area contributed by atoms with Crippen molar-refractivity contribution in [2.75, 3.05) is 5.32 Å². The molecular formula is C20H26N4O4. The largest absolute Gasteiger partial charge is 0.444 e. The highest BCUT2D eigenvalue weighted by Crippen LogP contribution is 2.23. The van der Waals surface area contributed by atoms with Gasteiger partial charge < -0.3 is 9.47 Å². The second-order valence-corrected chi connectivity index (χ2v) is 7.96. The molecule has 150 valence electrons. The van der Waals surface area contributed by atoms with Crippen LogP contribution in [0.4, 0.5) is 10.5 Å². The van der Waals surface area contributed by atoms with Crippen LogP contribution >= 0.6 is 0 Å². The highest BCUT2D eigenvalue weighted by Gasteiger charge is 2.20. The van der Waals surface area contributed by atoms with Crippen molar-refractivity contribution >= 4 is 11.8 Å². The van der Waals surface area contributed by atoms with Crippen LogP contribution in [0.5, 0.6) is 0 Å². The van der Waals surface area contributed by atoms with Crippen LogP contribution in [-0.2, 0) is 16.1 Å². The van der Waals surface area contributed by atoms with Gasteiger partial charge in [0.15, 0.2) is 5.82 Å². The van der Waals surface area contributed by atoms with Crippen molar-refractivity contribution in [1.29, 1.82) is 0 Å². The van der Waals surface area contributed by atoms with Crippen molar-refractivity contribution in [3.05, 3.63) is 46.0 Å². The first-order valence-electron chi connectivity index (χ1n) is 9.39. The highest BCUT2D eigenvalue weighted by atomic mass is 16.6. The van der Waals surface area contributed by atoms with Crippen LogP contribution in [-0.4, -0.2) is 32.6 Å². The summed E-state index contributed by atoms with van der Waals surface area (Å²) in [5.41, 5.74) is 0.507. The molecule has 8 nitrogen and oxygen atoms in total. The van der Waals surface area contributed by atoms with Gasteiger partial charge in [-0.15, -0.1) is 5.10 Å². The smallest absolute Gasteiger partial charge is 0.412 e. The summed E-state index contributed by atoms with van der Waals surface area (Å²) in [4.78, 5) is 25.1. The van der Waals surface area contributed by atoms with Gasteiger partial charge in [-0.2, -0.15) is 5.10 Å². The molecule has 1 fully saturated rings. The molecule has 28 heavy (non-hydrogen) atoms. The van der Waals surface area contributed by atoms with Crippen molar-refractivity contribution in [2.24, 2.45) is 0 Å². The van der Waals surface area contributed by atoms with Gasteiger partial charge in [-0.3, -0.25) is 14.7 Å². The van der Waals surface area contributed by atoms with Crippen molar-refractivity contribution in [3.63, 3.8) is 0 Å². The minimum atomic E-state index is -0.691. The zero-order valence-electron chi connectivity index (χ0n) is 16.7. The predicted octanol–water partition coefficient (Wildman–Crippen LogP) is 3.35. The Morgan fingerprint density at radius 3 is 2.61 bits per heavy atom. The van der Waals surface area contributed by atoms with Crippen LogP contribution in [0.1, 0.15) is 51.3 Å². The van der Waals surface area contributed by atoms with Crippen LogP contribution in [0, 0.1) is 6.92 Å². The van der Waals surface area contributed by atoms with Gasteiger partial charge in [0.25, 0.3) is 5.56 Å². The van der Waals surface area contributed by atoms with Gasteiger partial charge in [0.05, 0.1) is 18.4 Å². The number of nitrogens with zero attached hydrogens (tertiary/aromatic N) is 3. The standard InChI is InChI=1S/C20H26N4O4/c1-13-8-9-17(23-22-13)24-11-14(12-27-15-6-5-7-15)10-16(18(24)25)21-19(26)28-20(2,3)4/h8-11,15H,5-7,12H2,1-4H3,(H,21,26). The first kappa shape index (κ1) is 20.0. The summed E-state index contributed by atoms with van der Waals surface area (Å²) in [6, 6.07) is 5.09. The number of hydrogen-bond acceptors (Lipinski definition) is 6. The number of hydrogen-bond donors (Lipinski definition) is 1. The molecule has 1 aliphatic rings. The van der Waals surface area contributed by atoms with Crippen molar-refractivity contribution in [2.45, 2.75) is 65.3 Å². The number of carbonyl (C=O) groups excluding carboxylic acids is 1. The van der Waals surface area contributed by atoms with Crippen LogP contribution in [0.15, 0.2) is 29.2 Å². The number of rotatable bonds is 5. The Bertz CT molecular complexity index is 896. The lowest BCUT2D eigenvalue weighted by molar-refractivity contribution is -0.00882. The fourth-order valence-electron chi connectivity index (χ4n) is 2.66. The summed E-state index contributed by atoms with van der Waals surface area (Å²) in [6.45, 7) is 7.44. The Hall–Kier alpha value is -2.74. The molecule has 1 aliphatic carbocycles. The summed E-state index contributed by atoms with van der Waals surface area (Å²) < 4.78 is 12.5. The summed E-state index contributed by atoms with van der Waals surface area (Å²) in [7, 11) is 0. The molecule has 0 spiro atoms. The molecule has 8 heteroatoms. The van der Waals surface area contributed by atoms with Crippen LogP contribution in [0.3, 0.4) is 0 Å². The Kier molecular flexibility index (Phi) is 5.79. The lowest BCUT2D eigenvalue weighted by Crippen LogP contribution is -2.31. The number of amides is 1. The SMILES string of the molecule is Cc1ccc(-n2cc(COC3CCC3)cc(NC(=O)OC(C)(C)C)c2=O)nn1. The van der Waals surface area contributed by atoms with E-state index in [2.05, 4.69) is 15.5 Å².